The van der Waals surface area contributed by atoms with Crippen molar-refractivity contribution in [1.29, 1.82) is 0 Å². The molecule has 118 valence electrons. The molecule has 1 aliphatic rings. The molecule has 3 nitrogen and oxygen atoms in total. The van der Waals surface area contributed by atoms with Gasteiger partial charge in [-0.15, -0.1) is 12.4 Å². The first-order valence-corrected chi connectivity index (χ1v) is 6.26. The van der Waals surface area contributed by atoms with Crippen LogP contribution in [0.3, 0.4) is 0 Å². The van der Waals surface area contributed by atoms with Crippen LogP contribution in [0.2, 0.25) is 0 Å². The Labute approximate surface area is 125 Å². The molecule has 1 heterocycles. The number of halogens is 5. The summed E-state index contributed by atoms with van der Waals surface area (Å²) in [5.74, 6) is -1.74. The first-order valence-electron chi connectivity index (χ1n) is 6.26. The normalized spacial score (nSPS) is 18.2. The van der Waals surface area contributed by atoms with Crippen molar-refractivity contribution in [3.8, 4) is 0 Å². The van der Waals surface area contributed by atoms with E-state index in [1.54, 1.807) is 0 Å². The molecule has 0 bridgehead atoms. The van der Waals surface area contributed by atoms with E-state index in [1.807, 2.05) is 0 Å². The summed E-state index contributed by atoms with van der Waals surface area (Å²) in [5.41, 5.74) is -1.43. The Balaban J connectivity index is 0.00000220. The van der Waals surface area contributed by atoms with Gasteiger partial charge in [-0.3, -0.25) is 4.79 Å². The fourth-order valence-corrected chi connectivity index (χ4v) is 2.19. The summed E-state index contributed by atoms with van der Waals surface area (Å²) in [4.78, 5) is 11.7. The first kappa shape index (κ1) is 17.7. The van der Waals surface area contributed by atoms with Crippen LogP contribution in [0.15, 0.2) is 18.2 Å². The molecule has 1 unspecified atom stereocenters. The summed E-state index contributed by atoms with van der Waals surface area (Å²) in [6, 6.07) is 2.48. The molecule has 1 fully saturated rings. The molecule has 1 aromatic carbocycles. The fourth-order valence-electron chi connectivity index (χ4n) is 2.19. The molecule has 0 spiro atoms. The van der Waals surface area contributed by atoms with E-state index in [0.717, 1.165) is 25.5 Å². The third-order valence-electron chi connectivity index (χ3n) is 3.15. The molecular formula is C13H15ClF4N2O. The van der Waals surface area contributed by atoms with Crippen LogP contribution in [0.1, 0.15) is 24.8 Å². The molecule has 0 aromatic heterocycles. The van der Waals surface area contributed by atoms with Crippen molar-refractivity contribution in [3.63, 3.8) is 0 Å². The zero-order valence-corrected chi connectivity index (χ0v) is 11.8. The standard InChI is InChI=1S/C13H14F4N2O.ClH/c14-11-4-3-9(6-10(11)13(15,16)17)19-12(20)7-8-2-1-5-18-8;/h3-4,6,8,18H,1-2,5,7H2,(H,19,20);1H. The Morgan fingerprint density at radius 3 is 2.67 bits per heavy atom. The van der Waals surface area contributed by atoms with Gasteiger partial charge in [0.2, 0.25) is 5.91 Å². The van der Waals surface area contributed by atoms with Gasteiger partial charge in [-0.25, -0.2) is 4.39 Å². The number of hydrogen-bond acceptors (Lipinski definition) is 2. The minimum atomic E-state index is -4.78. The van der Waals surface area contributed by atoms with E-state index >= 15 is 0 Å². The summed E-state index contributed by atoms with van der Waals surface area (Å²) in [7, 11) is 0. The van der Waals surface area contributed by atoms with Crippen LogP contribution in [0.4, 0.5) is 23.2 Å². The third-order valence-corrected chi connectivity index (χ3v) is 3.15. The Morgan fingerprint density at radius 1 is 1.38 bits per heavy atom. The summed E-state index contributed by atoms with van der Waals surface area (Å²) >= 11 is 0. The van der Waals surface area contributed by atoms with Crippen molar-refractivity contribution in [1.82, 2.24) is 5.32 Å². The zero-order valence-electron chi connectivity index (χ0n) is 11.0. The zero-order chi connectivity index (χ0) is 14.8. The largest absolute Gasteiger partial charge is 0.419 e. The maximum Gasteiger partial charge on any atom is 0.419 e. The minimum Gasteiger partial charge on any atom is -0.326 e. The lowest BCUT2D eigenvalue weighted by molar-refractivity contribution is -0.140. The molecule has 2 N–H and O–H groups in total. The Hall–Kier alpha value is -1.34. The number of rotatable bonds is 3. The van der Waals surface area contributed by atoms with Gasteiger partial charge in [-0.2, -0.15) is 13.2 Å². The monoisotopic (exact) mass is 326 g/mol. The molecule has 0 aliphatic carbocycles. The van der Waals surface area contributed by atoms with Gasteiger partial charge in [-0.1, -0.05) is 0 Å². The smallest absolute Gasteiger partial charge is 0.326 e. The van der Waals surface area contributed by atoms with Gasteiger partial charge in [0, 0.05) is 18.2 Å². The van der Waals surface area contributed by atoms with Gasteiger partial charge < -0.3 is 10.6 Å². The molecule has 1 amide bonds. The lowest BCUT2D eigenvalue weighted by atomic mass is 10.1. The van der Waals surface area contributed by atoms with Crippen molar-refractivity contribution < 1.29 is 22.4 Å². The van der Waals surface area contributed by atoms with Gasteiger partial charge >= 0.3 is 6.18 Å². The maximum absolute atomic E-state index is 13.1. The molecule has 1 saturated heterocycles. The van der Waals surface area contributed by atoms with Crippen molar-refractivity contribution in [2.24, 2.45) is 0 Å². The second-order valence-corrected chi connectivity index (χ2v) is 4.74. The van der Waals surface area contributed by atoms with E-state index in [4.69, 9.17) is 0 Å². The SMILES string of the molecule is Cl.O=C(CC1CCCN1)Nc1ccc(F)c(C(F)(F)F)c1. The Bertz CT molecular complexity index is 501. The van der Waals surface area contributed by atoms with Gasteiger partial charge in [0.05, 0.1) is 5.56 Å². The van der Waals surface area contributed by atoms with Gasteiger partial charge in [0.1, 0.15) is 5.82 Å². The quantitative estimate of drug-likeness (QED) is 0.836. The summed E-state index contributed by atoms with van der Waals surface area (Å²) in [6.45, 7) is 0.840. The molecular weight excluding hydrogens is 312 g/mol. The second-order valence-electron chi connectivity index (χ2n) is 4.74. The second kappa shape index (κ2) is 7.09. The minimum absolute atomic E-state index is 0. The number of nitrogens with one attached hydrogen (secondary N) is 2. The molecule has 1 aromatic rings. The Morgan fingerprint density at radius 2 is 2.10 bits per heavy atom. The van der Waals surface area contributed by atoms with Gasteiger partial charge in [0.15, 0.2) is 0 Å². The summed E-state index contributed by atoms with van der Waals surface area (Å²) in [5, 5.41) is 5.48. The van der Waals surface area contributed by atoms with E-state index in [9.17, 15) is 22.4 Å². The van der Waals surface area contributed by atoms with Gasteiger partial charge in [-0.05, 0) is 37.6 Å². The van der Waals surface area contributed by atoms with Crippen molar-refractivity contribution in [2.75, 3.05) is 11.9 Å². The number of hydrogen-bond donors (Lipinski definition) is 2. The predicted molar refractivity (Wildman–Crippen MR) is 72.9 cm³/mol. The third kappa shape index (κ3) is 4.86. The summed E-state index contributed by atoms with van der Waals surface area (Å²) in [6.07, 6.45) is -2.74. The average molecular weight is 327 g/mol. The topological polar surface area (TPSA) is 41.1 Å². The molecule has 1 aliphatic heterocycles. The number of benzene rings is 1. The molecule has 8 heteroatoms. The number of alkyl halides is 3. The van der Waals surface area contributed by atoms with Crippen LogP contribution in [0.5, 0.6) is 0 Å². The highest BCUT2D eigenvalue weighted by Crippen LogP contribution is 2.33. The number of carbonyl (C=O) groups excluding carboxylic acids is 1. The first-order chi connectivity index (χ1) is 9.36. The molecule has 1 atom stereocenters. The molecule has 2 rings (SSSR count). The maximum atomic E-state index is 13.1. The predicted octanol–water partition coefficient (Wildman–Crippen LogP) is 3.35. The average Bonchev–Trinajstić information content (AvgIpc) is 2.83. The number of anilines is 1. The van der Waals surface area contributed by atoms with Crippen LogP contribution in [-0.4, -0.2) is 18.5 Å². The van der Waals surface area contributed by atoms with Gasteiger partial charge in [0.25, 0.3) is 0 Å². The van der Waals surface area contributed by atoms with Crippen LogP contribution < -0.4 is 10.6 Å². The lowest BCUT2D eigenvalue weighted by Gasteiger charge is -2.13. The van der Waals surface area contributed by atoms with Crippen molar-refractivity contribution in [2.45, 2.75) is 31.5 Å². The summed E-state index contributed by atoms with van der Waals surface area (Å²) < 4.78 is 50.7. The number of amides is 1. The highest BCUT2D eigenvalue weighted by molar-refractivity contribution is 5.91. The van der Waals surface area contributed by atoms with Crippen molar-refractivity contribution >= 4 is 24.0 Å². The van der Waals surface area contributed by atoms with Crippen LogP contribution in [0, 0.1) is 5.82 Å². The van der Waals surface area contributed by atoms with E-state index in [0.29, 0.717) is 12.1 Å². The lowest BCUT2D eigenvalue weighted by Crippen LogP contribution is -2.27. The van der Waals surface area contributed by atoms with Crippen molar-refractivity contribution in [3.05, 3.63) is 29.6 Å². The van der Waals surface area contributed by atoms with Crippen LogP contribution >= 0.6 is 12.4 Å². The van der Waals surface area contributed by atoms with E-state index in [2.05, 4.69) is 10.6 Å². The molecule has 21 heavy (non-hydrogen) atoms. The van der Waals surface area contributed by atoms with Crippen LogP contribution in [0.25, 0.3) is 0 Å². The Kier molecular flexibility index (Phi) is 5.98. The van der Waals surface area contributed by atoms with E-state index < -0.39 is 17.6 Å². The van der Waals surface area contributed by atoms with Crippen LogP contribution in [-0.2, 0) is 11.0 Å². The fraction of sp³-hybridized carbons (Fsp3) is 0.462. The highest BCUT2D eigenvalue weighted by atomic mass is 35.5. The molecule has 0 saturated carbocycles. The van der Waals surface area contributed by atoms with E-state index in [-0.39, 0.29) is 36.5 Å². The highest BCUT2D eigenvalue weighted by Gasteiger charge is 2.34. The number of carbonyl (C=O) groups is 1. The van der Waals surface area contributed by atoms with E-state index in [1.165, 1.54) is 0 Å². The molecule has 0 radical (unpaired) electrons.